The minimum absolute atomic E-state index is 0.120. The maximum atomic E-state index is 12.7. The molecule has 0 aliphatic carbocycles. The number of carboxylic acids is 1. The van der Waals surface area contributed by atoms with Gasteiger partial charge in [0, 0.05) is 31.4 Å². The normalized spacial score (nSPS) is 11.1. The molecule has 1 heterocycles. The number of hydrogen-bond donors (Lipinski definition) is 2. The number of anilines is 1. The van der Waals surface area contributed by atoms with E-state index in [-0.39, 0.29) is 12.2 Å². The number of para-hydroxylation sites is 1. The molecule has 4 rings (SSSR count). The second-order valence-electron chi connectivity index (χ2n) is 7.75. The molecule has 0 amide bonds. The van der Waals surface area contributed by atoms with Crippen LogP contribution in [0.15, 0.2) is 81.4 Å². The SMILES string of the molecule is CN(C)c1ccc(C=Nn2c(=O)[nH]c3ccccc3c2=O)c(OCc2cccc(C(=O)O)c2)c1. The molecule has 0 aliphatic heterocycles. The number of carbonyl (C=O) groups is 1. The van der Waals surface area contributed by atoms with Crippen molar-refractivity contribution in [2.75, 3.05) is 19.0 Å². The molecule has 1 aromatic heterocycles. The number of fused-ring (bicyclic) bond motifs is 1. The van der Waals surface area contributed by atoms with Gasteiger partial charge in [-0.05, 0) is 42.0 Å². The van der Waals surface area contributed by atoms with Gasteiger partial charge in [-0.1, -0.05) is 24.3 Å². The minimum atomic E-state index is -1.02. The van der Waals surface area contributed by atoms with Gasteiger partial charge in [-0.25, -0.2) is 9.59 Å². The molecule has 4 aromatic rings. The van der Waals surface area contributed by atoms with Gasteiger partial charge in [0.15, 0.2) is 0 Å². The van der Waals surface area contributed by atoms with E-state index in [9.17, 15) is 19.5 Å². The predicted molar refractivity (Wildman–Crippen MR) is 130 cm³/mol. The highest BCUT2D eigenvalue weighted by Gasteiger charge is 2.10. The number of aromatic carboxylic acids is 1. The number of carboxylic acid groups (broad SMARTS) is 1. The van der Waals surface area contributed by atoms with Crippen molar-refractivity contribution in [3.8, 4) is 5.75 Å². The Hall–Kier alpha value is -4.66. The molecular weight excluding hydrogens is 436 g/mol. The van der Waals surface area contributed by atoms with Crippen LogP contribution >= 0.6 is 0 Å². The van der Waals surface area contributed by atoms with Crippen LogP contribution in [-0.2, 0) is 6.61 Å². The van der Waals surface area contributed by atoms with Crippen molar-refractivity contribution >= 4 is 28.8 Å². The van der Waals surface area contributed by atoms with E-state index in [1.165, 1.54) is 12.3 Å². The van der Waals surface area contributed by atoms with Crippen LogP contribution in [0, 0.1) is 0 Å². The lowest BCUT2D eigenvalue weighted by atomic mass is 10.1. The zero-order chi connectivity index (χ0) is 24.2. The Kier molecular flexibility index (Phi) is 6.26. The van der Waals surface area contributed by atoms with Gasteiger partial charge in [0.1, 0.15) is 12.4 Å². The fraction of sp³-hybridized carbons (Fsp3) is 0.120. The van der Waals surface area contributed by atoms with Gasteiger partial charge in [0.05, 0.1) is 22.7 Å². The third-order valence-corrected chi connectivity index (χ3v) is 5.18. The first-order valence-electron chi connectivity index (χ1n) is 10.4. The third-order valence-electron chi connectivity index (χ3n) is 5.18. The van der Waals surface area contributed by atoms with Crippen LogP contribution in [0.1, 0.15) is 21.5 Å². The number of nitrogens with zero attached hydrogens (tertiary/aromatic N) is 3. The van der Waals surface area contributed by atoms with Gasteiger partial charge in [0.25, 0.3) is 5.56 Å². The van der Waals surface area contributed by atoms with E-state index in [4.69, 9.17) is 4.74 Å². The number of rotatable bonds is 7. The fourth-order valence-electron chi connectivity index (χ4n) is 3.37. The molecule has 0 atom stereocenters. The van der Waals surface area contributed by atoms with Crippen molar-refractivity contribution in [3.05, 3.63) is 104 Å². The van der Waals surface area contributed by atoms with E-state index < -0.39 is 17.2 Å². The molecule has 172 valence electrons. The van der Waals surface area contributed by atoms with Gasteiger partial charge in [0.2, 0.25) is 0 Å². The highest BCUT2D eigenvalue weighted by atomic mass is 16.5. The lowest BCUT2D eigenvalue weighted by Crippen LogP contribution is -2.32. The van der Waals surface area contributed by atoms with Gasteiger partial charge >= 0.3 is 11.7 Å². The molecule has 0 aliphatic rings. The van der Waals surface area contributed by atoms with Crippen molar-refractivity contribution in [3.63, 3.8) is 0 Å². The number of benzene rings is 3. The lowest BCUT2D eigenvalue weighted by molar-refractivity contribution is 0.0696. The zero-order valence-corrected chi connectivity index (χ0v) is 18.6. The molecular formula is C25H22N4O5. The Morgan fingerprint density at radius 2 is 1.88 bits per heavy atom. The average Bonchev–Trinajstić information content (AvgIpc) is 2.83. The average molecular weight is 458 g/mol. The van der Waals surface area contributed by atoms with Gasteiger partial charge in [-0.15, -0.1) is 4.68 Å². The molecule has 0 saturated carbocycles. The number of aromatic nitrogens is 2. The van der Waals surface area contributed by atoms with Crippen LogP contribution in [0.4, 0.5) is 5.69 Å². The molecule has 0 spiro atoms. The third kappa shape index (κ3) is 4.73. The van der Waals surface area contributed by atoms with Crippen LogP contribution in [-0.4, -0.2) is 41.0 Å². The van der Waals surface area contributed by atoms with E-state index in [1.54, 1.807) is 54.6 Å². The summed E-state index contributed by atoms with van der Waals surface area (Å²) >= 11 is 0. The molecule has 0 fully saturated rings. The maximum Gasteiger partial charge on any atom is 0.349 e. The molecule has 34 heavy (non-hydrogen) atoms. The molecule has 0 radical (unpaired) electrons. The zero-order valence-electron chi connectivity index (χ0n) is 18.6. The van der Waals surface area contributed by atoms with E-state index in [1.807, 2.05) is 25.1 Å². The highest BCUT2D eigenvalue weighted by molar-refractivity contribution is 5.87. The molecule has 0 saturated heterocycles. The number of ether oxygens (including phenoxy) is 1. The molecule has 9 heteroatoms. The summed E-state index contributed by atoms with van der Waals surface area (Å²) in [5.74, 6) is -0.559. The molecule has 0 unspecified atom stereocenters. The topological polar surface area (TPSA) is 117 Å². The van der Waals surface area contributed by atoms with E-state index in [0.717, 1.165) is 10.4 Å². The Labute approximate surface area is 194 Å². The summed E-state index contributed by atoms with van der Waals surface area (Å²) in [6, 6.07) is 18.6. The summed E-state index contributed by atoms with van der Waals surface area (Å²) in [7, 11) is 3.77. The molecule has 0 bridgehead atoms. The Balaban J connectivity index is 1.69. The first kappa shape index (κ1) is 22.5. The van der Waals surface area contributed by atoms with E-state index >= 15 is 0 Å². The molecule has 2 N–H and O–H groups in total. The highest BCUT2D eigenvalue weighted by Crippen LogP contribution is 2.25. The van der Waals surface area contributed by atoms with E-state index in [2.05, 4.69) is 10.1 Å². The smallest absolute Gasteiger partial charge is 0.349 e. The number of hydrogen-bond acceptors (Lipinski definition) is 6. The standard InChI is InChI=1S/C25H22N4O5/c1-28(2)19-11-10-18(22(13-19)34-15-16-6-5-7-17(12-16)24(31)32)14-26-29-23(30)20-8-3-4-9-21(20)27-25(29)33/h3-14H,15H2,1-2H3,(H,27,33)(H,31,32). The largest absolute Gasteiger partial charge is 0.488 e. The van der Waals surface area contributed by atoms with Crippen molar-refractivity contribution in [1.29, 1.82) is 0 Å². The predicted octanol–water partition coefficient (Wildman–Crippen LogP) is 2.92. The monoisotopic (exact) mass is 458 g/mol. The van der Waals surface area contributed by atoms with Crippen molar-refractivity contribution in [2.24, 2.45) is 5.10 Å². The summed E-state index contributed by atoms with van der Waals surface area (Å²) in [5, 5.41) is 13.7. The van der Waals surface area contributed by atoms with Crippen LogP contribution < -0.4 is 20.9 Å². The first-order chi connectivity index (χ1) is 16.3. The van der Waals surface area contributed by atoms with Crippen LogP contribution in [0.2, 0.25) is 0 Å². The number of nitrogens with one attached hydrogen (secondary N) is 1. The van der Waals surface area contributed by atoms with Crippen molar-refractivity contribution in [1.82, 2.24) is 9.66 Å². The van der Waals surface area contributed by atoms with Crippen molar-refractivity contribution in [2.45, 2.75) is 6.61 Å². The maximum absolute atomic E-state index is 12.7. The van der Waals surface area contributed by atoms with Crippen LogP contribution in [0.3, 0.4) is 0 Å². The van der Waals surface area contributed by atoms with Gasteiger partial charge in [-0.2, -0.15) is 5.10 Å². The lowest BCUT2D eigenvalue weighted by Gasteiger charge is -2.16. The molecule has 3 aromatic carbocycles. The Bertz CT molecular complexity index is 1520. The van der Waals surface area contributed by atoms with Crippen molar-refractivity contribution < 1.29 is 14.6 Å². The number of H-pyrrole nitrogens is 1. The summed E-state index contributed by atoms with van der Waals surface area (Å²) in [6.07, 6.45) is 1.38. The Morgan fingerprint density at radius 1 is 1.09 bits per heavy atom. The summed E-state index contributed by atoms with van der Waals surface area (Å²) < 4.78 is 6.75. The number of aromatic amines is 1. The summed E-state index contributed by atoms with van der Waals surface area (Å²) in [6.45, 7) is 0.120. The van der Waals surface area contributed by atoms with Gasteiger partial charge in [-0.3, -0.25) is 4.79 Å². The minimum Gasteiger partial charge on any atom is -0.488 e. The van der Waals surface area contributed by atoms with Crippen LogP contribution in [0.5, 0.6) is 5.75 Å². The first-order valence-corrected chi connectivity index (χ1v) is 10.4. The second-order valence-corrected chi connectivity index (χ2v) is 7.75. The van der Waals surface area contributed by atoms with Crippen LogP contribution in [0.25, 0.3) is 10.9 Å². The Morgan fingerprint density at radius 3 is 2.65 bits per heavy atom. The summed E-state index contributed by atoms with van der Waals surface area (Å²) in [4.78, 5) is 40.9. The molecule has 9 nitrogen and oxygen atoms in total. The van der Waals surface area contributed by atoms with Gasteiger partial charge < -0.3 is 19.7 Å². The van der Waals surface area contributed by atoms with E-state index in [0.29, 0.717) is 27.8 Å². The second kappa shape index (κ2) is 9.45. The summed E-state index contributed by atoms with van der Waals surface area (Å²) in [5.41, 5.74) is 1.50. The quantitative estimate of drug-likeness (QED) is 0.411. The fourth-order valence-corrected chi connectivity index (χ4v) is 3.37.